The van der Waals surface area contributed by atoms with Crippen molar-refractivity contribution in [2.75, 3.05) is 27.3 Å². The zero-order chi connectivity index (χ0) is 9.78. The number of carbonyl (C=O) groups excluding carboxylic acids is 2. The van der Waals surface area contributed by atoms with E-state index in [1.807, 2.05) is 5.32 Å². The first-order valence-corrected chi connectivity index (χ1v) is 3.29. The molecule has 0 unspecified atom stereocenters. The Bertz CT molecular complexity index is 193. The Morgan fingerprint density at radius 2 is 2.00 bits per heavy atom. The molecule has 0 rings (SSSR count). The fraction of sp³-hybridized carbons (Fsp3) is 0.667. The van der Waals surface area contributed by atoms with Crippen LogP contribution in [0.15, 0.2) is 0 Å². The Labute approximate surface area is 69.4 Å². The minimum Gasteiger partial charge on any atom is -0.544 e. The number of hydrogen-bond acceptors (Lipinski definition) is 3. The molecule has 0 aromatic heterocycles. The second kappa shape index (κ2) is 4.01. The van der Waals surface area contributed by atoms with Crippen LogP contribution < -0.4 is 10.4 Å². The van der Waals surface area contributed by atoms with Crippen LogP contribution in [0.3, 0.4) is 0 Å². The van der Waals surface area contributed by atoms with Crippen molar-refractivity contribution in [1.29, 1.82) is 0 Å². The molecule has 0 radical (unpaired) electrons. The Morgan fingerprint density at radius 3 is 2.33 bits per heavy atom. The molecule has 5 nitrogen and oxygen atoms in total. The Kier molecular flexibility index (Phi) is 3.62. The van der Waals surface area contributed by atoms with Gasteiger partial charge in [0.2, 0.25) is 0 Å². The summed E-state index contributed by atoms with van der Waals surface area (Å²) in [6, 6.07) is 0. The van der Waals surface area contributed by atoms with Gasteiger partial charge in [0.15, 0.2) is 6.67 Å². The van der Waals surface area contributed by atoms with Gasteiger partial charge in [-0.05, 0) is 0 Å². The summed E-state index contributed by atoms with van der Waals surface area (Å²) in [6.07, 6.45) is -1.67. The predicted molar refractivity (Wildman–Crippen MR) is 36.5 cm³/mol. The van der Waals surface area contributed by atoms with Crippen LogP contribution in [0, 0.1) is 0 Å². The summed E-state index contributed by atoms with van der Waals surface area (Å²) in [5.41, 5.74) is 0. The smallest absolute Gasteiger partial charge is 0.401 e. The van der Waals surface area contributed by atoms with Crippen molar-refractivity contribution in [2.45, 2.75) is 0 Å². The number of halogens is 1. The lowest BCUT2D eigenvalue weighted by molar-refractivity contribution is -0.886. The summed E-state index contributed by atoms with van der Waals surface area (Å²) in [5.74, 6) is -1.24. The van der Waals surface area contributed by atoms with Crippen molar-refractivity contribution in [2.24, 2.45) is 0 Å². The molecule has 0 saturated heterocycles. The standard InChI is InChI=1S/C6H11FN2O3/c1-9(2,3-5(10)11)4-8-6(7)12/h3-4H2,1-2H3,(H-,8,10,11,12). The van der Waals surface area contributed by atoms with Gasteiger partial charge in [0.05, 0.1) is 20.1 Å². The fourth-order valence-corrected chi connectivity index (χ4v) is 0.682. The van der Waals surface area contributed by atoms with Crippen LogP contribution >= 0.6 is 0 Å². The quantitative estimate of drug-likeness (QED) is 0.245. The molecule has 0 spiro atoms. The van der Waals surface area contributed by atoms with Gasteiger partial charge in [-0.1, -0.05) is 0 Å². The fourth-order valence-electron chi connectivity index (χ4n) is 0.682. The molecule has 0 aliphatic carbocycles. The number of amides is 1. The summed E-state index contributed by atoms with van der Waals surface area (Å²) < 4.78 is 11.6. The first-order valence-electron chi connectivity index (χ1n) is 3.29. The lowest BCUT2D eigenvalue weighted by Crippen LogP contribution is -2.53. The van der Waals surface area contributed by atoms with E-state index in [0.29, 0.717) is 0 Å². The average Bonchev–Trinajstić information content (AvgIpc) is 1.81. The first-order chi connectivity index (χ1) is 5.33. The second-order valence-electron chi connectivity index (χ2n) is 3.07. The van der Waals surface area contributed by atoms with Gasteiger partial charge in [0.25, 0.3) is 0 Å². The highest BCUT2D eigenvalue weighted by atomic mass is 19.1. The maximum Gasteiger partial charge on any atom is 0.401 e. The predicted octanol–water partition coefficient (Wildman–Crippen LogP) is -1.55. The molecule has 1 N–H and O–H groups in total. The zero-order valence-corrected chi connectivity index (χ0v) is 6.96. The lowest BCUT2D eigenvalue weighted by Gasteiger charge is -2.29. The number of aliphatic carboxylic acids is 1. The van der Waals surface area contributed by atoms with Crippen LogP contribution in [-0.4, -0.2) is 43.9 Å². The monoisotopic (exact) mass is 178 g/mol. The third-order valence-corrected chi connectivity index (χ3v) is 1.20. The molecule has 0 aromatic carbocycles. The van der Waals surface area contributed by atoms with Crippen molar-refractivity contribution in [3.8, 4) is 0 Å². The van der Waals surface area contributed by atoms with Crippen LogP contribution in [0.5, 0.6) is 0 Å². The summed E-state index contributed by atoms with van der Waals surface area (Å²) >= 11 is 0. The normalized spacial score (nSPS) is 10.9. The van der Waals surface area contributed by atoms with Crippen molar-refractivity contribution in [1.82, 2.24) is 5.32 Å². The zero-order valence-electron chi connectivity index (χ0n) is 6.96. The van der Waals surface area contributed by atoms with Gasteiger partial charge in [0.1, 0.15) is 6.54 Å². The van der Waals surface area contributed by atoms with E-state index in [2.05, 4.69) is 0 Å². The third-order valence-electron chi connectivity index (χ3n) is 1.20. The van der Waals surface area contributed by atoms with E-state index < -0.39 is 12.1 Å². The minimum absolute atomic E-state index is 0.0575. The number of carbonyl (C=O) groups is 2. The maximum atomic E-state index is 11.6. The minimum atomic E-state index is -1.67. The molecule has 70 valence electrons. The number of carboxylic acid groups (broad SMARTS) is 1. The summed E-state index contributed by atoms with van der Waals surface area (Å²) in [5, 5.41) is 12.0. The summed E-state index contributed by atoms with van der Waals surface area (Å²) in [7, 11) is 3.07. The van der Waals surface area contributed by atoms with Gasteiger partial charge in [-0.2, -0.15) is 0 Å². The molecule has 6 heteroatoms. The third kappa shape index (κ3) is 5.60. The van der Waals surface area contributed by atoms with E-state index in [0.717, 1.165) is 0 Å². The lowest BCUT2D eigenvalue weighted by atomic mass is 10.5. The molecule has 0 fully saturated rings. The molecule has 0 saturated carbocycles. The van der Waals surface area contributed by atoms with E-state index in [1.54, 1.807) is 0 Å². The van der Waals surface area contributed by atoms with E-state index in [-0.39, 0.29) is 17.7 Å². The largest absolute Gasteiger partial charge is 0.544 e. The number of carboxylic acids is 1. The number of hydrogen-bond donors (Lipinski definition) is 1. The maximum absolute atomic E-state index is 11.6. The first kappa shape index (κ1) is 10.8. The van der Waals surface area contributed by atoms with E-state index in [9.17, 15) is 19.1 Å². The van der Waals surface area contributed by atoms with Crippen LogP contribution in [-0.2, 0) is 4.79 Å². The molecule has 1 amide bonds. The van der Waals surface area contributed by atoms with E-state index in [4.69, 9.17) is 0 Å². The van der Waals surface area contributed by atoms with Crippen LogP contribution in [0.2, 0.25) is 0 Å². The van der Waals surface area contributed by atoms with Crippen molar-refractivity contribution in [3.05, 3.63) is 0 Å². The second-order valence-corrected chi connectivity index (χ2v) is 3.07. The highest BCUT2D eigenvalue weighted by Gasteiger charge is 2.15. The number of nitrogens with one attached hydrogen (secondary N) is 1. The molecule has 0 heterocycles. The number of rotatable bonds is 4. The summed E-state index contributed by atoms with van der Waals surface area (Å²) in [4.78, 5) is 20.0. The van der Waals surface area contributed by atoms with Crippen LogP contribution in [0.25, 0.3) is 0 Å². The van der Waals surface area contributed by atoms with Crippen LogP contribution in [0.1, 0.15) is 0 Å². The van der Waals surface area contributed by atoms with Crippen molar-refractivity contribution < 1.29 is 23.6 Å². The molecule has 0 bridgehead atoms. The van der Waals surface area contributed by atoms with Crippen LogP contribution in [0.4, 0.5) is 9.18 Å². The Morgan fingerprint density at radius 1 is 1.50 bits per heavy atom. The molecule has 0 aliphatic rings. The Hall–Kier alpha value is -1.17. The van der Waals surface area contributed by atoms with Gasteiger partial charge < -0.3 is 14.4 Å². The van der Waals surface area contributed by atoms with Gasteiger partial charge >= 0.3 is 6.16 Å². The highest BCUT2D eigenvalue weighted by molar-refractivity contribution is 5.66. The average molecular weight is 178 g/mol. The Balaban J connectivity index is 3.86. The molecule has 0 aliphatic heterocycles. The topological polar surface area (TPSA) is 69.2 Å². The molecular formula is C6H11FN2O3. The van der Waals surface area contributed by atoms with Gasteiger partial charge in [-0.3, -0.25) is 5.32 Å². The van der Waals surface area contributed by atoms with E-state index >= 15 is 0 Å². The van der Waals surface area contributed by atoms with Crippen molar-refractivity contribution >= 4 is 12.1 Å². The van der Waals surface area contributed by atoms with Gasteiger partial charge in [-0.15, -0.1) is 4.39 Å². The molecule has 12 heavy (non-hydrogen) atoms. The molecular weight excluding hydrogens is 167 g/mol. The highest BCUT2D eigenvalue weighted by Crippen LogP contribution is 1.92. The number of quaternary nitrogens is 1. The molecule has 0 atom stereocenters. The summed E-state index contributed by atoms with van der Waals surface area (Å²) in [6.45, 7) is -0.358. The molecule has 0 aromatic rings. The van der Waals surface area contributed by atoms with E-state index in [1.165, 1.54) is 14.1 Å². The van der Waals surface area contributed by atoms with Crippen molar-refractivity contribution in [3.63, 3.8) is 0 Å². The van der Waals surface area contributed by atoms with Gasteiger partial charge in [0, 0.05) is 0 Å². The van der Waals surface area contributed by atoms with Gasteiger partial charge in [-0.25, -0.2) is 4.79 Å². The SMILES string of the molecule is C[N+](C)(CNC(=O)F)CC(=O)[O-]. The number of likely N-dealkylation sites (N-methyl/N-ethyl adjacent to an activating group) is 1. The number of nitrogens with zero attached hydrogens (tertiary/aromatic N) is 1.